The fourth-order valence-electron chi connectivity index (χ4n) is 2.90. The van der Waals surface area contributed by atoms with Crippen LogP contribution < -0.4 is 21.7 Å². The van der Waals surface area contributed by atoms with Gasteiger partial charge in [0.2, 0.25) is 5.91 Å². The lowest BCUT2D eigenvalue weighted by Gasteiger charge is -2.37. The number of nitrogens with one attached hydrogen (secondary N) is 3. The minimum absolute atomic E-state index is 0.240. The number of carbonyl (C=O) groups is 1. The van der Waals surface area contributed by atoms with Gasteiger partial charge in [-0.15, -0.1) is 0 Å². The van der Waals surface area contributed by atoms with E-state index in [9.17, 15) is 15.0 Å². The van der Waals surface area contributed by atoms with Crippen LogP contribution in [0.3, 0.4) is 0 Å². The standard InChI is InChI=1S/C10H19N5O5/c11-10-13-7-4(8(19)14-10)12-2-15(7)9-6(18)5(17)3(1-16)20-9/h3-7,9-10,12-13,16-18H,1-2,11H2,(H,14,19)/t3-,4?,5-,6+,7?,9-,10?/m1/s1. The Morgan fingerprint density at radius 1 is 1.40 bits per heavy atom. The molecule has 3 fully saturated rings. The van der Waals surface area contributed by atoms with Gasteiger partial charge in [0.05, 0.1) is 19.4 Å². The molecular formula is C10H19N5O5. The first kappa shape index (κ1) is 14.1. The Balaban J connectivity index is 1.76. The van der Waals surface area contributed by atoms with E-state index in [-0.39, 0.29) is 12.6 Å². The van der Waals surface area contributed by atoms with E-state index in [0.29, 0.717) is 0 Å². The van der Waals surface area contributed by atoms with Crippen molar-refractivity contribution in [2.75, 3.05) is 13.3 Å². The summed E-state index contributed by atoms with van der Waals surface area (Å²) in [6, 6.07) is -0.518. The Hall–Kier alpha value is -0.850. The molecule has 0 aromatic carbocycles. The number of fused-ring (bicyclic) bond motifs is 1. The number of rotatable bonds is 2. The monoisotopic (exact) mass is 289 g/mol. The highest BCUT2D eigenvalue weighted by atomic mass is 16.6. The summed E-state index contributed by atoms with van der Waals surface area (Å²) in [5.41, 5.74) is 5.67. The van der Waals surface area contributed by atoms with Gasteiger partial charge in [0.1, 0.15) is 36.9 Å². The zero-order chi connectivity index (χ0) is 14.4. The summed E-state index contributed by atoms with van der Waals surface area (Å²) in [6.45, 7) is -0.105. The summed E-state index contributed by atoms with van der Waals surface area (Å²) in [6.07, 6.45) is -5.16. The summed E-state index contributed by atoms with van der Waals surface area (Å²) >= 11 is 0. The van der Waals surface area contributed by atoms with Crippen molar-refractivity contribution in [2.45, 2.75) is 43.0 Å². The van der Waals surface area contributed by atoms with Gasteiger partial charge >= 0.3 is 0 Å². The van der Waals surface area contributed by atoms with E-state index in [2.05, 4.69) is 16.0 Å². The SMILES string of the molecule is NC1NC(=O)C2NCN([C@@H]3O[C@H](CO)[C@@H](O)[C@@H]3O)C2N1. The largest absolute Gasteiger partial charge is 0.394 e. The average Bonchev–Trinajstić information content (AvgIpc) is 2.93. The smallest absolute Gasteiger partial charge is 0.242 e. The summed E-state index contributed by atoms with van der Waals surface area (Å²) in [5, 5.41) is 37.4. The van der Waals surface area contributed by atoms with Crippen LogP contribution in [-0.2, 0) is 9.53 Å². The van der Waals surface area contributed by atoms with Crippen molar-refractivity contribution in [3.05, 3.63) is 0 Å². The maximum absolute atomic E-state index is 11.8. The van der Waals surface area contributed by atoms with Crippen molar-refractivity contribution >= 4 is 5.91 Å². The van der Waals surface area contributed by atoms with Gasteiger partial charge in [-0.1, -0.05) is 0 Å². The van der Waals surface area contributed by atoms with E-state index in [1.807, 2.05) is 0 Å². The highest BCUT2D eigenvalue weighted by Crippen LogP contribution is 2.27. The molecule has 1 amide bonds. The van der Waals surface area contributed by atoms with Crippen molar-refractivity contribution in [1.82, 2.24) is 20.9 Å². The Labute approximate surface area is 114 Å². The third-order valence-electron chi connectivity index (χ3n) is 3.94. The van der Waals surface area contributed by atoms with E-state index in [0.717, 1.165) is 0 Å². The quantitative estimate of drug-likeness (QED) is 0.265. The first-order valence-corrected chi connectivity index (χ1v) is 6.46. The molecule has 0 bridgehead atoms. The Bertz CT molecular complexity index is 398. The lowest BCUT2D eigenvalue weighted by Crippen LogP contribution is -2.71. The molecule has 10 nitrogen and oxygen atoms in total. The predicted molar refractivity (Wildman–Crippen MR) is 64.4 cm³/mol. The maximum Gasteiger partial charge on any atom is 0.242 e. The third kappa shape index (κ3) is 2.10. The molecule has 0 aromatic rings. The van der Waals surface area contributed by atoms with Gasteiger partial charge in [0.25, 0.3) is 0 Å². The second-order valence-electron chi connectivity index (χ2n) is 5.18. The van der Waals surface area contributed by atoms with E-state index in [1.165, 1.54) is 0 Å². The number of aliphatic hydroxyl groups is 3. The zero-order valence-electron chi connectivity index (χ0n) is 10.6. The average molecular weight is 289 g/mol. The van der Waals surface area contributed by atoms with Gasteiger partial charge < -0.3 is 25.4 Å². The summed E-state index contributed by atoms with van der Waals surface area (Å²) < 4.78 is 5.46. The summed E-state index contributed by atoms with van der Waals surface area (Å²) in [4.78, 5) is 13.5. The van der Waals surface area contributed by atoms with Crippen LogP contribution in [0.1, 0.15) is 0 Å². The van der Waals surface area contributed by atoms with Crippen LogP contribution >= 0.6 is 0 Å². The number of hydrogen-bond donors (Lipinski definition) is 7. The van der Waals surface area contributed by atoms with Crippen molar-refractivity contribution < 1.29 is 24.9 Å². The van der Waals surface area contributed by atoms with Gasteiger partial charge in [-0.2, -0.15) is 0 Å². The second kappa shape index (κ2) is 5.16. The molecule has 0 aliphatic carbocycles. The van der Waals surface area contributed by atoms with Crippen molar-refractivity contribution in [3.8, 4) is 0 Å². The molecule has 3 aliphatic rings. The Morgan fingerprint density at radius 3 is 2.80 bits per heavy atom. The first-order chi connectivity index (χ1) is 9.52. The lowest BCUT2D eigenvalue weighted by atomic mass is 10.1. The van der Waals surface area contributed by atoms with E-state index < -0.39 is 49.6 Å². The number of hydrogen-bond acceptors (Lipinski definition) is 9. The molecule has 20 heavy (non-hydrogen) atoms. The molecule has 7 atom stereocenters. The molecule has 0 radical (unpaired) electrons. The minimum atomic E-state index is -1.17. The normalized spacial score (nSPS) is 49.2. The number of nitrogens with two attached hydrogens (primary N) is 1. The Morgan fingerprint density at radius 2 is 2.15 bits per heavy atom. The van der Waals surface area contributed by atoms with Crippen LogP contribution in [-0.4, -0.2) is 82.4 Å². The fourth-order valence-corrected chi connectivity index (χ4v) is 2.90. The third-order valence-corrected chi connectivity index (χ3v) is 3.94. The molecule has 3 heterocycles. The van der Waals surface area contributed by atoms with Crippen LogP contribution in [0.25, 0.3) is 0 Å². The Kier molecular flexibility index (Phi) is 3.64. The van der Waals surface area contributed by atoms with E-state index in [4.69, 9.17) is 15.6 Å². The molecule has 0 saturated carbocycles. The van der Waals surface area contributed by atoms with Crippen LogP contribution in [0.5, 0.6) is 0 Å². The van der Waals surface area contributed by atoms with E-state index in [1.54, 1.807) is 4.90 Å². The maximum atomic E-state index is 11.8. The molecule has 10 heteroatoms. The van der Waals surface area contributed by atoms with Gasteiger partial charge in [-0.3, -0.25) is 21.2 Å². The number of nitrogens with zero attached hydrogens (tertiary/aromatic N) is 1. The zero-order valence-corrected chi connectivity index (χ0v) is 10.6. The highest BCUT2D eigenvalue weighted by molar-refractivity contribution is 5.84. The van der Waals surface area contributed by atoms with Gasteiger partial charge in [-0.05, 0) is 0 Å². The van der Waals surface area contributed by atoms with Crippen LogP contribution in [0.2, 0.25) is 0 Å². The molecule has 3 saturated heterocycles. The summed E-state index contributed by atoms with van der Waals surface area (Å²) in [5.74, 6) is -0.240. The van der Waals surface area contributed by atoms with Gasteiger partial charge in [-0.25, -0.2) is 4.90 Å². The molecule has 0 aromatic heterocycles. The molecule has 3 rings (SSSR count). The fraction of sp³-hybridized carbons (Fsp3) is 0.900. The second-order valence-corrected chi connectivity index (χ2v) is 5.18. The van der Waals surface area contributed by atoms with E-state index >= 15 is 0 Å². The lowest BCUT2D eigenvalue weighted by molar-refractivity contribution is -0.133. The summed E-state index contributed by atoms with van der Waals surface area (Å²) in [7, 11) is 0. The van der Waals surface area contributed by atoms with Gasteiger partial charge in [0, 0.05) is 0 Å². The minimum Gasteiger partial charge on any atom is -0.394 e. The van der Waals surface area contributed by atoms with Gasteiger partial charge in [0.15, 0.2) is 0 Å². The topological polar surface area (TPSA) is 152 Å². The van der Waals surface area contributed by atoms with Crippen LogP contribution in [0.4, 0.5) is 0 Å². The molecule has 8 N–H and O–H groups in total. The van der Waals surface area contributed by atoms with Crippen molar-refractivity contribution in [3.63, 3.8) is 0 Å². The van der Waals surface area contributed by atoms with Crippen molar-refractivity contribution in [1.29, 1.82) is 0 Å². The number of aliphatic hydroxyl groups excluding tert-OH is 3. The number of amides is 1. The van der Waals surface area contributed by atoms with Crippen LogP contribution in [0, 0.1) is 0 Å². The number of carbonyl (C=O) groups excluding carboxylic acids is 1. The van der Waals surface area contributed by atoms with Crippen LogP contribution in [0.15, 0.2) is 0 Å². The molecule has 3 unspecified atom stereocenters. The molecule has 0 spiro atoms. The highest BCUT2D eigenvalue weighted by Gasteiger charge is 2.52. The first-order valence-electron chi connectivity index (χ1n) is 6.46. The number of ether oxygens (including phenoxy) is 1. The molecular weight excluding hydrogens is 270 g/mol. The molecule has 3 aliphatic heterocycles. The van der Waals surface area contributed by atoms with Crippen molar-refractivity contribution in [2.24, 2.45) is 5.73 Å². The predicted octanol–water partition coefficient (Wildman–Crippen LogP) is -5.06. The molecule has 114 valence electrons.